The van der Waals surface area contributed by atoms with Gasteiger partial charge in [0.2, 0.25) is 0 Å². The standard InChI is InChI=1S/C17H10Cl2O2/c18-12-6-7-16(19)15(9-12)13-3-1-2-10-4-5-11(17(20)21)8-14(10)13/h1-9H,(H,20,21). The molecular formula is C17H10Cl2O2. The Morgan fingerprint density at radius 1 is 0.905 bits per heavy atom. The molecule has 0 fully saturated rings. The zero-order valence-electron chi connectivity index (χ0n) is 10.8. The Hall–Kier alpha value is -2.03. The van der Waals surface area contributed by atoms with E-state index in [1.165, 1.54) is 0 Å². The van der Waals surface area contributed by atoms with Gasteiger partial charge in [0.1, 0.15) is 0 Å². The van der Waals surface area contributed by atoms with Gasteiger partial charge in [-0.05, 0) is 46.7 Å². The van der Waals surface area contributed by atoms with Crippen LogP contribution in [0.1, 0.15) is 10.4 Å². The zero-order valence-corrected chi connectivity index (χ0v) is 12.3. The molecule has 0 amide bonds. The van der Waals surface area contributed by atoms with Crippen molar-refractivity contribution in [2.24, 2.45) is 0 Å². The van der Waals surface area contributed by atoms with Gasteiger partial charge in [-0.1, -0.05) is 47.5 Å². The summed E-state index contributed by atoms with van der Waals surface area (Å²) < 4.78 is 0. The first-order valence-electron chi connectivity index (χ1n) is 6.28. The molecule has 0 atom stereocenters. The van der Waals surface area contributed by atoms with Crippen LogP contribution in [0.4, 0.5) is 0 Å². The summed E-state index contributed by atoms with van der Waals surface area (Å²) in [5, 5.41) is 12.1. The lowest BCUT2D eigenvalue weighted by atomic mass is 9.97. The molecule has 0 spiro atoms. The van der Waals surface area contributed by atoms with Crippen molar-refractivity contribution in [3.05, 3.63) is 70.2 Å². The fourth-order valence-electron chi connectivity index (χ4n) is 2.34. The maximum atomic E-state index is 11.2. The van der Waals surface area contributed by atoms with Crippen LogP contribution in [0.2, 0.25) is 10.0 Å². The monoisotopic (exact) mass is 316 g/mol. The molecule has 0 bridgehead atoms. The van der Waals surface area contributed by atoms with Crippen LogP contribution in [-0.2, 0) is 0 Å². The SMILES string of the molecule is O=C(O)c1ccc2cccc(-c3cc(Cl)ccc3Cl)c2c1. The Bertz CT molecular complexity index is 857. The van der Waals surface area contributed by atoms with E-state index >= 15 is 0 Å². The van der Waals surface area contributed by atoms with Gasteiger partial charge in [-0.2, -0.15) is 0 Å². The molecule has 3 aromatic rings. The molecule has 0 aliphatic rings. The second kappa shape index (κ2) is 5.40. The van der Waals surface area contributed by atoms with Gasteiger partial charge in [-0.3, -0.25) is 0 Å². The summed E-state index contributed by atoms with van der Waals surface area (Å²) in [5.41, 5.74) is 1.90. The van der Waals surface area contributed by atoms with Crippen LogP contribution in [-0.4, -0.2) is 11.1 Å². The number of hydrogen-bond donors (Lipinski definition) is 1. The highest BCUT2D eigenvalue weighted by molar-refractivity contribution is 6.35. The van der Waals surface area contributed by atoms with Crippen LogP contribution in [0.15, 0.2) is 54.6 Å². The number of rotatable bonds is 2. The first kappa shape index (κ1) is 13.9. The Morgan fingerprint density at radius 2 is 1.71 bits per heavy atom. The van der Waals surface area contributed by atoms with E-state index < -0.39 is 5.97 Å². The molecule has 0 radical (unpaired) electrons. The molecule has 2 nitrogen and oxygen atoms in total. The van der Waals surface area contributed by atoms with Crippen molar-refractivity contribution >= 4 is 39.9 Å². The van der Waals surface area contributed by atoms with E-state index in [0.29, 0.717) is 10.0 Å². The highest BCUT2D eigenvalue weighted by atomic mass is 35.5. The Morgan fingerprint density at radius 3 is 2.48 bits per heavy atom. The predicted molar refractivity (Wildman–Crippen MR) is 86.4 cm³/mol. The second-order valence-corrected chi connectivity index (χ2v) is 5.51. The first-order chi connectivity index (χ1) is 10.1. The molecule has 0 unspecified atom stereocenters. The summed E-state index contributed by atoms with van der Waals surface area (Å²) in [6.45, 7) is 0. The van der Waals surface area contributed by atoms with Crippen molar-refractivity contribution in [2.45, 2.75) is 0 Å². The predicted octanol–water partition coefficient (Wildman–Crippen LogP) is 5.51. The quantitative estimate of drug-likeness (QED) is 0.676. The lowest BCUT2D eigenvalue weighted by Gasteiger charge is -2.10. The van der Waals surface area contributed by atoms with Crippen molar-refractivity contribution in [3.8, 4) is 11.1 Å². The van der Waals surface area contributed by atoms with E-state index in [-0.39, 0.29) is 5.56 Å². The van der Waals surface area contributed by atoms with Gasteiger partial charge in [0.05, 0.1) is 5.56 Å². The molecule has 104 valence electrons. The van der Waals surface area contributed by atoms with Crippen molar-refractivity contribution < 1.29 is 9.90 Å². The summed E-state index contributed by atoms with van der Waals surface area (Å²) in [6.07, 6.45) is 0. The Labute approximate surface area is 131 Å². The molecule has 0 saturated carbocycles. The summed E-state index contributed by atoms with van der Waals surface area (Å²) in [4.78, 5) is 11.2. The largest absolute Gasteiger partial charge is 0.478 e. The minimum absolute atomic E-state index is 0.244. The average Bonchev–Trinajstić information content (AvgIpc) is 2.48. The maximum Gasteiger partial charge on any atom is 0.335 e. The molecule has 21 heavy (non-hydrogen) atoms. The van der Waals surface area contributed by atoms with Gasteiger partial charge < -0.3 is 5.11 Å². The van der Waals surface area contributed by atoms with E-state index in [1.54, 1.807) is 36.4 Å². The molecule has 3 aromatic carbocycles. The second-order valence-electron chi connectivity index (χ2n) is 4.67. The topological polar surface area (TPSA) is 37.3 Å². The third kappa shape index (κ3) is 2.60. The fourth-order valence-corrected chi connectivity index (χ4v) is 2.74. The van der Waals surface area contributed by atoms with Gasteiger partial charge in [0.15, 0.2) is 0 Å². The van der Waals surface area contributed by atoms with Gasteiger partial charge in [0.25, 0.3) is 0 Å². The molecule has 3 rings (SSSR count). The van der Waals surface area contributed by atoms with E-state index in [2.05, 4.69) is 0 Å². The third-order valence-electron chi connectivity index (χ3n) is 3.35. The van der Waals surface area contributed by atoms with Crippen molar-refractivity contribution in [1.29, 1.82) is 0 Å². The van der Waals surface area contributed by atoms with E-state index in [9.17, 15) is 4.79 Å². The van der Waals surface area contributed by atoms with E-state index in [4.69, 9.17) is 28.3 Å². The fraction of sp³-hybridized carbons (Fsp3) is 0. The van der Waals surface area contributed by atoms with Gasteiger partial charge in [-0.25, -0.2) is 4.79 Å². The maximum absolute atomic E-state index is 11.2. The molecule has 1 N–H and O–H groups in total. The normalized spacial score (nSPS) is 10.8. The molecular weight excluding hydrogens is 307 g/mol. The Balaban J connectivity index is 2.34. The number of fused-ring (bicyclic) bond motifs is 1. The van der Waals surface area contributed by atoms with Crippen LogP contribution in [0.25, 0.3) is 21.9 Å². The van der Waals surface area contributed by atoms with E-state index in [1.807, 2.05) is 18.2 Å². The highest BCUT2D eigenvalue weighted by Crippen LogP contribution is 2.35. The molecule has 0 saturated heterocycles. The summed E-state index contributed by atoms with van der Waals surface area (Å²) in [7, 11) is 0. The van der Waals surface area contributed by atoms with Crippen LogP contribution in [0.3, 0.4) is 0 Å². The average molecular weight is 317 g/mol. The summed E-state index contributed by atoms with van der Waals surface area (Å²) in [6, 6.07) is 16.0. The van der Waals surface area contributed by atoms with Crippen molar-refractivity contribution in [1.82, 2.24) is 0 Å². The number of halogens is 2. The van der Waals surface area contributed by atoms with Crippen LogP contribution < -0.4 is 0 Å². The van der Waals surface area contributed by atoms with Crippen LogP contribution in [0, 0.1) is 0 Å². The smallest absolute Gasteiger partial charge is 0.335 e. The van der Waals surface area contributed by atoms with Crippen molar-refractivity contribution in [3.63, 3.8) is 0 Å². The number of hydrogen-bond acceptors (Lipinski definition) is 1. The summed E-state index contributed by atoms with van der Waals surface area (Å²) >= 11 is 12.3. The third-order valence-corrected chi connectivity index (χ3v) is 3.91. The lowest BCUT2D eigenvalue weighted by Crippen LogP contribution is -1.95. The van der Waals surface area contributed by atoms with Crippen molar-refractivity contribution in [2.75, 3.05) is 0 Å². The van der Waals surface area contributed by atoms with Gasteiger partial charge >= 0.3 is 5.97 Å². The molecule has 0 heterocycles. The highest BCUT2D eigenvalue weighted by Gasteiger charge is 2.11. The number of benzene rings is 3. The number of aromatic carboxylic acids is 1. The molecule has 0 aliphatic heterocycles. The number of carbonyl (C=O) groups is 1. The first-order valence-corrected chi connectivity index (χ1v) is 7.03. The number of carboxylic acids is 1. The minimum Gasteiger partial charge on any atom is -0.478 e. The van der Waals surface area contributed by atoms with E-state index in [0.717, 1.165) is 21.9 Å². The molecule has 0 aromatic heterocycles. The Kier molecular flexibility index (Phi) is 3.58. The van der Waals surface area contributed by atoms with Gasteiger partial charge in [-0.15, -0.1) is 0 Å². The molecule has 0 aliphatic carbocycles. The summed E-state index contributed by atoms with van der Waals surface area (Å²) in [5.74, 6) is -0.955. The molecule has 4 heteroatoms. The van der Waals surface area contributed by atoms with Gasteiger partial charge in [0, 0.05) is 15.6 Å². The van der Waals surface area contributed by atoms with Crippen LogP contribution >= 0.6 is 23.2 Å². The van der Waals surface area contributed by atoms with Crippen LogP contribution in [0.5, 0.6) is 0 Å². The number of carboxylic acid groups (broad SMARTS) is 1. The lowest BCUT2D eigenvalue weighted by molar-refractivity contribution is 0.0697. The zero-order chi connectivity index (χ0) is 15.0. The minimum atomic E-state index is -0.955.